The summed E-state index contributed by atoms with van der Waals surface area (Å²) in [5.74, 6) is 0.690. The Kier molecular flexibility index (Phi) is 7.50. The fourth-order valence-corrected chi connectivity index (χ4v) is 6.77. The molecule has 0 aliphatic heterocycles. The normalized spacial score (nSPS) is 11.1. The van der Waals surface area contributed by atoms with Crippen molar-refractivity contribution in [1.29, 1.82) is 5.26 Å². The van der Waals surface area contributed by atoms with E-state index < -0.39 is 0 Å². The van der Waals surface area contributed by atoms with Crippen LogP contribution in [0.1, 0.15) is 5.56 Å². The molecule has 0 aliphatic carbocycles. The second kappa shape index (κ2) is 12.7. The van der Waals surface area contributed by atoms with Crippen LogP contribution < -0.4 is 0 Å². The van der Waals surface area contributed by atoms with Crippen molar-refractivity contribution in [3.05, 3.63) is 181 Å². The van der Waals surface area contributed by atoms with E-state index in [9.17, 15) is 5.26 Å². The van der Waals surface area contributed by atoms with Crippen molar-refractivity contribution in [2.45, 2.75) is 0 Å². The van der Waals surface area contributed by atoms with Gasteiger partial charge < -0.3 is 4.42 Å². The van der Waals surface area contributed by atoms with Gasteiger partial charge in [0.1, 0.15) is 11.2 Å². The number of benzene rings is 7. The molecule has 4 heteroatoms. The molecule has 238 valence electrons. The molecular formula is C47H29N3O. The fraction of sp³-hybridized carbons (Fsp3) is 0. The first-order valence-electron chi connectivity index (χ1n) is 16.9. The maximum atomic E-state index is 9.22. The predicted molar refractivity (Wildman–Crippen MR) is 207 cm³/mol. The van der Waals surface area contributed by atoms with Crippen LogP contribution >= 0.6 is 0 Å². The van der Waals surface area contributed by atoms with Gasteiger partial charge in [-0.05, 0) is 58.1 Å². The maximum absolute atomic E-state index is 9.22. The predicted octanol–water partition coefficient (Wildman–Crippen LogP) is 12.2. The van der Waals surface area contributed by atoms with Crippen molar-refractivity contribution in [2.24, 2.45) is 0 Å². The Morgan fingerprint density at radius 3 is 1.63 bits per heavy atom. The Balaban J connectivity index is 1.16. The standard InChI is InChI=1S/C47H29N3O/c48-30-31-15-17-32(18-16-31)33-19-21-34(22-20-33)39-27-28-41-40-13-7-8-14-44(40)51-46(41)45(39)37-25-23-36(24-26-37)43-29-42(35-9-3-1-4-10-35)49-47(50-43)38-11-5-2-6-12-38/h1-29H. The first kappa shape index (κ1) is 30.0. The van der Waals surface area contributed by atoms with E-state index in [2.05, 4.69) is 97.1 Å². The number of furan rings is 1. The lowest BCUT2D eigenvalue weighted by molar-refractivity contribution is 0.670. The van der Waals surface area contributed by atoms with E-state index in [1.807, 2.05) is 84.9 Å². The Labute approximate surface area is 295 Å². The van der Waals surface area contributed by atoms with Crippen molar-refractivity contribution < 1.29 is 4.42 Å². The van der Waals surface area contributed by atoms with Crippen molar-refractivity contribution in [3.8, 4) is 73.4 Å². The minimum absolute atomic E-state index is 0.651. The van der Waals surface area contributed by atoms with Gasteiger partial charge in [0.2, 0.25) is 0 Å². The molecule has 0 fully saturated rings. The molecule has 0 saturated carbocycles. The Morgan fingerprint density at radius 1 is 0.431 bits per heavy atom. The van der Waals surface area contributed by atoms with Gasteiger partial charge in [0.25, 0.3) is 0 Å². The summed E-state index contributed by atoms with van der Waals surface area (Å²) in [6.07, 6.45) is 0. The molecule has 0 bridgehead atoms. The minimum Gasteiger partial charge on any atom is -0.455 e. The zero-order chi connectivity index (χ0) is 34.1. The lowest BCUT2D eigenvalue weighted by Crippen LogP contribution is -1.96. The molecular weight excluding hydrogens is 623 g/mol. The summed E-state index contributed by atoms with van der Waals surface area (Å²) >= 11 is 0. The number of rotatable bonds is 6. The average Bonchev–Trinajstić information content (AvgIpc) is 3.60. The van der Waals surface area contributed by atoms with Crippen LogP contribution in [0.4, 0.5) is 0 Å². The van der Waals surface area contributed by atoms with Crippen molar-refractivity contribution in [3.63, 3.8) is 0 Å². The molecule has 0 aliphatic rings. The molecule has 0 atom stereocenters. The lowest BCUT2D eigenvalue weighted by Gasteiger charge is -2.13. The van der Waals surface area contributed by atoms with Gasteiger partial charge in [-0.15, -0.1) is 0 Å². The maximum Gasteiger partial charge on any atom is 0.160 e. The Morgan fingerprint density at radius 2 is 0.961 bits per heavy atom. The van der Waals surface area contributed by atoms with Crippen LogP contribution in [0.2, 0.25) is 0 Å². The summed E-state index contributed by atoms with van der Waals surface area (Å²) in [4.78, 5) is 10.0. The third kappa shape index (κ3) is 5.63. The molecule has 9 rings (SSSR count). The van der Waals surface area contributed by atoms with Crippen LogP contribution in [-0.2, 0) is 0 Å². The summed E-state index contributed by atoms with van der Waals surface area (Å²) in [6, 6.07) is 62.1. The first-order valence-corrected chi connectivity index (χ1v) is 16.9. The van der Waals surface area contributed by atoms with Gasteiger partial charge in [0.15, 0.2) is 5.82 Å². The highest BCUT2D eigenvalue weighted by molar-refractivity contribution is 6.12. The van der Waals surface area contributed by atoms with Crippen molar-refractivity contribution >= 4 is 21.9 Å². The van der Waals surface area contributed by atoms with Gasteiger partial charge >= 0.3 is 0 Å². The lowest BCUT2D eigenvalue weighted by atomic mass is 9.91. The van der Waals surface area contributed by atoms with E-state index in [0.717, 1.165) is 83.4 Å². The number of hydrogen-bond donors (Lipinski definition) is 0. The Bertz CT molecular complexity index is 2650. The molecule has 0 unspecified atom stereocenters. The highest BCUT2D eigenvalue weighted by Crippen LogP contribution is 2.43. The van der Waals surface area contributed by atoms with Gasteiger partial charge in [0, 0.05) is 33.0 Å². The second-order valence-corrected chi connectivity index (χ2v) is 12.5. The summed E-state index contributed by atoms with van der Waals surface area (Å²) in [5.41, 5.74) is 13.5. The van der Waals surface area contributed by atoms with E-state index in [-0.39, 0.29) is 0 Å². The molecule has 2 aromatic heterocycles. The molecule has 4 nitrogen and oxygen atoms in total. The van der Waals surface area contributed by atoms with Gasteiger partial charge in [-0.1, -0.05) is 146 Å². The highest BCUT2D eigenvalue weighted by atomic mass is 16.3. The summed E-state index contributed by atoms with van der Waals surface area (Å²) in [7, 11) is 0. The molecule has 0 saturated heterocycles. The van der Waals surface area contributed by atoms with Crippen LogP contribution in [0.25, 0.3) is 89.2 Å². The van der Waals surface area contributed by atoms with Crippen molar-refractivity contribution in [1.82, 2.24) is 9.97 Å². The zero-order valence-electron chi connectivity index (χ0n) is 27.5. The number of para-hydroxylation sites is 1. The third-order valence-corrected chi connectivity index (χ3v) is 9.39. The van der Waals surface area contributed by atoms with Crippen LogP contribution in [0.3, 0.4) is 0 Å². The molecule has 0 amide bonds. The van der Waals surface area contributed by atoms with E-state index in [1.54, 1.807) is 0 Å². The number of nitrogens with zero attached hydrogens (tertiary/aromatic N) is 3. The monoisotopic (exact) mass is 651 g/mol. The summed E-state index contributed by atoms with van der Waals surface area (Å²) in [5, 5.41) is 11.4. The van der Waals surface area contributed by atoms with Gasteiger partial charge in [-0.3, -0.25) is 0 Å². The van der Waals surface area contributed by atoms with E-state index in [4.69, 9.17) is 14.4 Å². The first-order chi connectivity index (χ1) is 25.2. The number of aromatic nitrogens is 2. The highest BCUT2D eigenvalue weighted by Gasteiger charge is 2.18. The van der Waals surface area contributed by atoms with E-state index >= 15 is 0 Å². The van der Waals surface area contributed by atoms with Crippen molar-refractivity contribution in [2.75, 3.05) is 0 Å². The number of fused-ring (bicyclic) bond motifs is 3. The van der Waals surface area contributed by atoms with Gasteiger partial charge in [-0.2, -0.15) is 5.26 Å². The molecule has 51 heavy (non-hydrogen) atoms. The summed E-state index contributed by atoms with van der Waals surface area (Å²) < 4.78 is 6.61. The molecule has 2 heterocycles. The van der Waals surface area contributed by atoms with E-state index in [0.29, 0.717) is 11.4 Å². The van der Waals surface area contributed by atoms with Crippen LogP contribution in [-0.4, -0.2) is 9.97 Å². The topological polar surface area (TPSA) is 62.7 Å². The fourth-order valence-electron chi connectivity index (χ4n) is 6.77. The molecule has 9 aromatic rings. The number of nitriles is 1. The molecule has 0 radical (unpaired) electrons. The SMILES string of the molecule is N#Cc1ccc(-c2ccc(-c3ccc4c(oc5ccccc54)c3-c3ccc(-c4cc(-c5ccccc5)nc(-c5ccccc5)n4)cc3)cc2)cc1. The molecule has 0 spiro atoms. The van der Waals surface area contributed by atoms with Crippen LogP contribution in [0, 0.1) is 11.3 Å². The largest absolute Gasteiger partial charge is 0.455 e. The quantitative estimate of drug-likeness (QED) is 0.179. The van der Waals surface area contributed by atoms with E-state index in [1.165, 1.54) is 0 Å². The number of hydrogen-bond acceptors (Lipinski definition) is 4. The average molecular weight is 652 g/mol. The Hall–Kier alpha value is -7.09. The smallest absolute Gasteiger partial charge is 0.160 e. The van der Waals surface area contributed by atoms with Gasteiger partial charge in [0.05, 0.1) is 23.0 Å². The molecule has 0 N–H and O–H groups in total. The minimum atomic E-state index is 0.651. The van der Waals surface area contributed by atoms with Crippen LogP contribution in [0.5, 0.6) is 0 Å². The zero-order valence-corrected chi connectivity index (χ0v) is 27.5. The summed E-state index contributed by atoms with van der Waals surface area (Å²) in [6.45, 7) is 0. The second-order valence-electron chi connectivity index (χ2n) is 12.5. The molecule has 7 aromatic carbocycles. The third-order valence-electron chi connectivity index (χ3n) is 9.39. The van der Waals surface area contributed by atoms with Crippen LogP contribution in [0.15, 0.2) is 180 Å². The van der Waals surface area contributed by atoms with Gasteiger partial charge in [-0.25, -0.2) is 9.97 Å².